The fraction of sp³-hybridized carbons (Fsp3) is 0.368. The predicted molar refractivity (Wildman–Crippen MR) is 97.9 cm³/mol. The second kappa shape index (κ2) is 7.73. The number of hydrogen-bond donors (Lipinski definition) is 1. The van der Waals surface area contributed by atoms with Gasteiger partial charge in [-0.25, -0.2) is 0 Å². The van der Waals surface area contributed by atoms with E-state index in [1.165, 1.54) is 17.8 Å². The quantitative estimate of drug-likeness (QED) is 0.843. The highest BCUT2D eigenvalue weighted by atomic mass is 32.1. The Labute approximate surface area is 146 Å². The molecule has 0 atom stereocenters. The van der Waals surface area contributed by atoms with Crippen molar-refractivity contribution < 1.29 is 9.59 Å². The first kappa shape index (κ1) is 16.9. The molecule has 3 rings (SSSR count). The van der Waals surface area contributed by atoms with Crippen LogP contribution in [0, 0.1) is 6.92 Å². The fourth-order valence-electron chi connectivity index (χ4n) is 3.04. The number of nitrogens with one attached hydrogen (secondary N) is 1. The van der Waals surface area contributed by atoms with E-state index in [2.05, 4.69) is 10.2 Å². The zero-order valence-electron chi connectivity index (χ0n) is 13.9. The summed E-state index contributed by atoms with van der Waals surface area (Å²) in [6.07, 6.45) is 3.56. The number of hydrogen-bond acceptors (Lipinski definition) is 4. The molecule has 1 fully saturated rings. The van der Waals surface area contributed by atoms with E-state index >= 15 is 0 Å². The van der Waals surface area contributed by atoms with Crippen molar-refractivity contribution in [3.63, 3.8) is 0 Å². The van der Waals surface area contributed by atoms with Crippen LogP contribution in [0.5, 0.6) is 0 Å². The molecule has 1 aromatic heterocycles. The van der Waals surface area contributed by atoms with Gasteiger partial charge in [0, 0.05) is 5.56 Å². The highest BCUT2D eigenvalue weighted by molar-refractivity contribution is 7.15. The smallest absolute Gasteiger partial charge is 0.239 e. The number of thiophene rings is 1. The summed E-state index contributed by atoms with van der Waals surface area (Å²) in [6, 6.07) is 9.20. The standard InChI is InChI=1S/C19H22N2O2S/c1-14-13-24-19(17(14)18(23)15-8-4-2-5-9-15)20-16(22)12-21-10-6-3-7-11-21/h2,4-5,8-9,13H,3,6-7,10-12H2,1H3,(H,20,22). The summed E-state index contributed by atoms with van der Waals surface area (Å²) in [4.78, 5) is 27.3. The number of ketones is 1. The van der Waals surface area contributed by atoms with Crippen molar-refractivity contribution in [3.8, 4) is 0 Å². The topological polar surface area (TPSA) is 49.4 Å². The monoisotopic (exact) mass is 342 g/mol. The molecule has 0 saturated carbocycles. The number of benzene rings is 1. The lowest BCUT2D eigenvalue weighted by Crippen LogP contribution is -2.36. The normalized spacial score (nSPS) is 15.2. The van der Waals surface area contributed by atoms with Crippen LogP contribution in [0.3, 0.4) is 0 Å². The maximum absolute atomic E-state index is 12.8. The number of anilines is 1. The Kier molecular flexibility index (Phi) is 5.43. The molecular weight excluding hydrogens is 320 g/mol. The Morgan fingerprint density at radius 1 is 1.12 bits per heavy atom. The molecule has 1 aromatic carbocycles. The van der Waals surface area contributed by atoms with E-state index in [1.807, 2.05) is 30.5 Å². The molecule has 0 aliphatic carbocycles. The number of rotatable bonds is 5. The Bertz CT molecular complexity index is 718. The molecule has 24 heavy (non-hydrogen) atoms. The average Bonchev–Trinajstić information content (AvgIpc) is 2.96. The molecule has 0 spiro atoms. The van der Waals surface area contributed by atoms with Gasteiger partial charge < -0.3 is 5.32 Å². The lowest BCUT2D eigenvalue weighted by Gasteiger charge is -2.25. The van der Waals surface area contributed by atoms with Crippen molar-refractivity contribution in [2.24, 2.45) is 0 Å². The molecule has 4 nitrogen and oxygen atoms in total. The zero-order valence-corrected chi connectivity index (χ0v) is 14.7. The number of nitrogens with zero attached hydrogens (tertiary/aromatic N) is 1. The number of carbonyl (C=O) groups is 2. The summed E-state index contributed by atoms with van der Waals surface area (Å²) >= 11 is 1.42. The second-order valence-corrected chi connectivity index (χ2v) is 7.08. The van der Waals surface area contributed by atoms with E-state index < -0.39 is 0 Å². The Balaban J connectivity index is 1.72. The molecule has 1 N–H and O–H groups in total. The molecule has 1 amide bonds. The number of carbonyl (C=O) groups excluding carboxylic acids is 2. The third-order valence-electron chi connectivity index (χ3n) is 4.31. The van der Waals surface area contributed by atoms with Gasteiger partial charge >= 0.3 is 0 Å². The third kappa shape index (κ3) is 3.91. The molecule has 2 aromatic rings. The van der Waals surface area contributed by atoms with E-state index in [9.17, 15) is 9.59 Å². The van der Waals surface area contributed by atoms with Gasteiger partial charge in [-0.2, -0.15) is 0 Å². The lowest BCUT2D eigenvalue weighted by molar-refractivity contribution is -0.117. The zero-order chi connectivity index (χ0) is 16.9. The summed E-state index contributed by atoms with van der Waals surface area (Å²) in [7, 11) is 0. The van der Waals surface area contributed by atoms with Gasteiger partial charge in [-0.3, -0.25) is 14.5 Å². The van der Waals surface area contributed by atoms with Crippen molar-refractivity contribution in [3.05, 3.63) is 52.4 Å². The van der Waals surface area contributed by atoms with Crippen LogP contribution >= 0.6 is 11.3 Å². The van der Waals surface area contributed by atoms with Gasteiger partial charge in [0.05, 0.1) is 12.1 Å². The largest absolute Gasteiger partial charge is 0.316 e. The highest BCUT2D eigenvalue weighted by Gasteiger charge is 2.21. The summed E-state index contributed by atoms with van der Waals surface area (Å²) in [5, 5.41) is 5.53. The molecule has 0 bridgehead atoms. The first-order valence-electron chi connectivity index (χ1n) is 8.35. The maximum atomic E-state index is 12.8. The van der Waals surface area contributed by atoms with Gasteiger partial charge in [-0.05, 0) is 43.8 Å². The van der Waals surface area contributed by atoms with Gasteiger partial charge in [0.25, 0.3) is 0 Å². The van der Waals surface area contributed by atoms with Gasteiger partial charge in [0.15, 0.2) is 5.78 Å². The molecular formula is C19H22N2O2S. The van der Waals surface area contributed by atoms with E-state index in [-0.39, 0.29) is 11.7 Å². The van der Waals surface area contributed by atoms with Crippen molar-refractivity contribution in [1.82, 2.24) is 4.90 Å². The van der Waals surface area contributed by atoms with Gasteiger partial charge in [-0.1, -0.05) is 36.8 Å². The number of aryl methyl sites for hydroxylation is 1. The molecule has 5 heteroatoms. The minimum absolute atomic E-state index is 0.0392. The molecule has 1 aliphatic heterocycles. The lowest BCUT2D eigenvalue weighted by atomic mass is 10.0. The summed E-state index contributed by atoms with van der Waals surface area (Å²) < 4.78 is 0. The van der Waals surface area contributed by atoms with E-state index in [0.717, 1.165) is 31.5 Å². The van der Waals surface area contributed by atoms with Crippen LogP contribution in [0.15, 0.2) is 35.7 Å². The Morgan fingerprint density at radius 2 is 1.83 bits per heavy atom. The van der Waals surface area contributed by atoms with Crippen molar-refractivity contribution >= 4 is 28.0 Å². The average molecular weight is 342 g/mol. The summed E-state index contributed by atoms with van der Waals surface area (Å²) in [6.45, 7) is 4.27. The first-order valence-corrected chi connectivity index (χ1v) is 9.23. The molecule has 1 aliphatic rings. The second-order valence-electron chi connectivity index (χ2n) is 6.20. The van der Waals surface area contributed by atoms with Crippen LogP contribution in [-0.4, -0.2) is 36.2 Å². The van der Waals surface area contributed by atoms with Crippen LogP contribution in [0.1, 0.15) is 40.7 Å². The maximum Gasteiger partial charge on any atom is 0.239 e. The predicted octanol–water partition coefficient (Wildman–Crippen LogP) is 3.71. The number of piperidine rings is 1. The van der Waals surface area contributed by atoms with Crippen molar-refractivity contribution in [1.29, 1.82) is 0 Å². The van der Waals surface area contributed by atoms with Gasteiger partial charge in [0.1, 0.15) is 5.00 Å². The minimum atomic E-state index is -0.0409. The number of likely N-dealkylation sites (tertiary alicyclic amines) is 1. The van der Waals surface area contributed by atoms with Crippen LogP contribution < -0.4 is 5.32 Å². The molecule has 0 radical (unpaired) electrons. The first-order chi connectivity index (χ1) is 11.6. The van der Waals surface area contributed by atoms with Crippen molar-refractivity contribution in [2.45, 2.75) is 26.2 Å². The highest BCUT2D eigenvalue weighted by Crippen LogP contribution is 2.30. The molecule has 1 saturated heterocycles. The molecule has 0 unspecified atom stereocenters. The van der Waals surface area contributed by atoms with Crippen molar-refractivity contribution in [2.75, 3.05) is 25.0 Å². The summed E-state index contributed by atoms with van der Waals surface area (Å²) in [5.74, 6) is -0.0801. The van der Waals surface area contributed by atoms with Crippen LogP contribution in [0.25, 0.3) is 0 Å². The van der Waals surface area contributed by atoms with Crippen LogP contribution in [-0.2, 0) is 4.79 Å². The van der Waals surface area contributed by atoms with E-state index in [4.69, 9.17) is 0 Å². The van der Waals surface area contributed by atoms with Gasteiger partial charge in [-0.15, -0.1) is 11.3 Å². The third-order valence-corrected chi connectivity index (χ3v) is 5.32. The molecule has 126 valence electrons. The minimum Gasteiger partial charge on any atom is -0.316 e. The Hall–Kier alpha value is -1.98. The Morgan fingerprint density at radius 3 is 2.54 bits per heavy atom. The number of amides is 1. The SMILES string of the molecule is Cc1csc(NC(=O)CN2CCCCC2)c1C(=O)c1ccccc1. The van der Waals surface area contributed by atoms with Crippen LogP contribution in [0.4, 0.5) is 5.00 Å². The van der Waals surface area contributed by atoms with Crippen LogP contribution in [0.2, 0.25) is 0 Å². The van der Waals surface area contributed by atoms with E-state index in [1.54, 1.807) is 12.1 Å². The van der Waals surface area contributed by atoms with Gasteiger partial charge in [0.2, 0.25) is 5.91 Å². The molecule has 2 heterocycles. The van der Waals surface area contributed by atoms with E-state index in [0.29, 0.717) is 22.7 Å². The summed E-state index contributed by atoms with van der Waals surface area (Å²) in [5.41, 5.74) is 2.16. The fourth-order valence-corrected chi connectivity index (χ4v) is 4.00.